The summed E-state index contributed by atoms with van der Waals surface area (Å²) < 4.78 is 20.7. The number of esters is 2. The molecule has 1 aromatic heterocycles. The lowest BCUT2D eigenvalue weighted by Gasteiger charge is -2.16. The van der Waals surface area contributed by atoms with E-state index in [0.29, 0.717) is 15.1 Å². The SMILES string of the molecule is COC(=O)c1ccc(CN2C(=O)N/C(=C\c3cc(Cl)cc(Br)c3O[C@H](C)C(=O)OC)C2=O)o1. The largest absolute Gasteiger partial charge is 0.477 e. The molecule has 1 fully saturated rings. The van der Waals surface area contributed by atoms with Crippen molar-refractivity contribution in [3.05, 3.63) is 56.5 Å². The van der Waals surface area contributed by atoms with Gasteiger partial charge in [0.25, 0.3) is 5.91 Å². The standard InChI is InChI=1S/C21H18BrClN2O8/c1-10(19(27)30-2)32-17-11(6-12(23)8-14(17)22)7-15-18(26)25(21(29)24-15)9-13-4-5-16(33-13)20(28)31-3/h4-8,10H,9H2,1-3H3,(H,24,29)/b15-7-/t10-/m1/s1. The maximum Gasteiger partial charge on any atom is 0.373 e. The third kappa shape index (κ3) is 5.37. The first-order chi connectivity index (χ1) is 15.6. The fourth-order valence-corrected chi connectivity index (χ4v) is 3.83. The van der Waals surface area contributed by atoms with Gasteiger partial charge in [0, 0.05) is 10.6 Å². The van der Waals surface area contributed by atoms with Gasteiger partial charge in [-0.3, -0.25) is 9.69 Å². The van der Waals surface area contributed by atoms with Gasteiger partial charge in [-0.15, -0.1) is 0 Å². The predicted molar refractivity (Wildman–Crippen MR) is 118 cm³/mol. The van der Waals surface area contributed by atoms with E-state index in [4.69, 9.17) is 20.8 Å². The van der Waals surface area contributed by atoms with Crippen molar-refractivity contribution in [2.75, 3.05) is 14.2 Å². The second kappa shape index (κ2) is 10.1. The Morgan fingerprint density at radius 3 is 2.64 bits per heavy atom. The molecule has 3 amide bonds. The molecule has 1 aromatic carbocycles. The second-order valence-electron chi connectivity index (χ2n) is 6.73. The number of carbonyl (C=O) groups is 4. The summed E-state index contributed by atoms with van der Waals surface area (Å²) >= 11 is 9.46. The zero-order chi connectivity index (χ0) is 24.3. The number of ether oxygens (including phenoxy) is 3. The Morgan fingerprint density at radius 2 is 1.97 bits per heavy atom. The highest BCUT2D eigenvalue weighted by Gasteiger charge is 2.35. The summed E-state index contributed by atoms with van der Waals surface area (Å²) in [7, 11) is 2.44. The Labute approximate surface area is 201 Å². The van der Waals surface area contributed by atoms with Crippen LogP contribution in [0.2, 0.25) is 5.02 Å². The number of imide groups is 1. The van der Waals surface area contributed by atoms with Gasteiger partial charge in [0.05, 0.1) is 25.2 Å². The number of carbonyl (C=O) groups excluding carboxylic acids is 4. The Balaban J connectivity index is 1.87. The van der Waals surface area contributed by atoms with Gasteiger partial charge in [0.15, 0.2) is 6.10 Å². The second-order valence-corrected chi connectivity index (χ2v) is 8.02. The van der Waals surface area contributed by atoms with Crippen LogP contribution in [0.4, 0.5) is 4.79 Å². The highest BCUT2D eigenvalue weighted by molar-refractivity contribution is 9.10. The minimum atomic E-state index is -0.946. The number of rotatable bonds is 7. The molecule has 0 spiro atoms. The summed E-state index contributed by atoms with van der Waals surface area (Å²) in [5.41, 5.74) is 0.283. The maximum atomic E-state index is 12.9. The molecule has 0 radical (unpaired) electrons. The van der Waals surface area contributed by atoms with Gasteiger partial charge >= 0.3 is 18.0 Å². The Kier molecular flexibility index (Phi) is 7.44. The topological polar surface area (TPSA) is 124 Å². The molecule has 10 nitrogen and oxygen atoms in total. The van der Waals surface area contributed by atoms with Crippen molar-refractivity contribution in [3.8, 4) is 5.75 Å². The van der Waals surface area contributed by atoms with Crippen LogP contribution in [-0.2, 0) is 25.6 Å². The van der Waals surface area contributed by atoms with Crippen LogP contribution in [0.15, 0.2) is 38.9 Å². The maximum absolute atomic E-state index is 12.9. The lowest BCUT2D eigenvalue weighted by atomic mass is 10.1. The van der Waals surface area contributed by atoms with E-state index >= 15 is 0 Å². The molecule has 33 heavy (non-hydrogen) atoms. The molecule has 1 aliphatic heterocycles. The third-order valence-corrected chi connectivity index (χ3v) is 5.30. The summed E-state index contributed by atoms with van der Waals surface area (Å²) in [5.74, 6) is -1.55. The predicted octanol–water partition coefficient (Wildman–Crippen LogP) is 3.52. The smallest absolute Gasteiger partial charge is 0.373 e. The number of amides is 3. The van der Waals surface area contributed by atoms with E-state index in [1.54, 1.807) is 6.07 Å². The number of urea groups is 1. The van der Waals surface area contributed by atoms with Gasteiger partial charge in [0.2, 0.25) is 5.76 Å². The highest BCUT2D eigenvalue weighted by Crippen LogP contribution is 2.35. The van der Waals surface area contributed by atoms with Gasteiger partial charge in [-0.05, 0) is 53.2 Å². The lowest BCUT2D eigenvalue weighted by Crippen LogP contribution is -2.30. The minimum absolute atomic E-state index is 0.0514. The van der Waals surface area contributed by atoms with E-state index < -0.39 is 30.0 Å². The van der Waals surface area contributed by atoms with Crippen LogP contribution in [0.3, 0.4) is 0 Å². The van der Waals surface area contributed by atoms with Gasteiger partial charge < -0.3 is 23.9 Å². The molecule has 0 aliphatic carbocycles. The van der Waals surface area contributed by atoms with Crippen molar-refractivity contribution in [2.24, 2.45) is 0 Å². The van der Waals surface area contributed by atoms with E-state index in [1.807, 2.05) is 0 Å². The molecule has 1 N–H and O–H groups in total. The Bertz CT molecular complexity index is 1160. The Hall–Kier alpha value is -3.31. The molecule has 0 unspecified atom stereocenters. The van der Waals surface area contributed by atoms with E-state index in [9.17, 15) is 19.2 Å². The summed E-state index contributed by atoms with van der Waals surface area (Å²) in [5, 5.41) is 2.80. The molecule has 12 heteroatoms. The average Bonchev–Trinajstić information content (AvgIpc) is 3.35. The molecule has 1 saturated heterocycles. The summed E-state index contributed by atoms with van der Waals surface area (Å²) in [6, 6.07) is 5.22. The first-order valence-electron chi connectivity index (χ1n) is 9.39. The average molecular weight is 542 g/mol. The number of hydrogen-bond acceptors (Lipinski definition) is 8. The van der Waals surface area contributed by atoms with Crippen molar-refractivity contribution in [3.63, 3.8) is 0 Å². The molecule has 2 aromatic rings. The zero-order valence-corrected chi connectivity index (χ0v) is 20.0. The van der Waals surface area contributed by atoms with Crippen molar-refractivity contribution < 1.29 is 37.8 Å². The van der Waals surface area contributed by atoms with Gasteiger partial charge in [-0.2, -0.15) is 0 Å². The van der Waals surface area contributed by atoms with Crippen LogP contribution in [-0.4, -0.2) is 49.1 Å². The summed E-state index contributed by atoms with van der Waals surface area (Å²) in [4.78, 5) is 49.5. The van der Waals surface area contributed by atoms with E-state index in [2.05, 4.69) is 30.7 Å². The van der Waals surface area contributed by atoms with Crippen LogP contribution < -0.4 is 10.1 Å². The number of nitrogens with one attached hydrogen (secondary N) is 1. The molecular weight excluding hydrogens is 524 g/mol. The zero-order valence-electron chi connectivity index (χ0n) is 17.6. The van der Waals surface area contributed by atoms with Gasteiger partial charge in [-0.25, -0.2) is 14.4 Å². The van der Waals surface area contributed by atoms with Gasteiger partial charge in [0.1, 0.15) is 17.2 Å². The number of furan rings is 1. The molecule has 0 saturated carbocycles. The van der Waals surface area contributed by atoms with E-state index in [0.717, 1.165) is 4.90 Å². The van der Waals surface area contributed by atoms with Crippen LogP contribution in [0.25, 0.3) is 6.08 Å². The van der Waals surface area contributed by atoms with Gasteiger partial charge in [-0.1, -0.05) is 11.6 Å². The lowest BCUT2D eigenvalue weighted by molar-refractivity contribution is -0.147. The van der Waals surface area contributed by atoms with Crippen LogP contribution in [0, 0.1) is 0 Å². The van der Waals surface area contributed by atoms with E-state index in [1.165, 1.54) is 45.4 Å². The van der Waals surface area contributed by atoms with Crippen molar-refractivity contribution in [1.29, 1.82) is 0 Å². The van der Waals surface area contributed by atoms with Crippen LogP contribution in [0.1, 0.15) is 28.8 Å². The Morgan fingerprint density at radius 1 is 1.24 bits per heavy atom. The molecule has 1 aliphatic rings. The molecule has 1 atom stereocenters. The fourth-order valence-electron chi connectivity index (χ4n) is 2.90. The molecule has 0 bridgehead atoms. The quantitative estimate of drug-likeness (QED) is 0.321. The molecule has 2 heterocycles. The first-order valence-corrected chi connectivity index (χ1v) is 10.6. The molecular formula is C21H18BrClN2O8. The normalized spacial score (nSPS) is 15.4. The van der Waals surface area contributed by atoms with Crippen molar-refractivity contribution in [2.45, 2.75) is 19.6 Å². The monoisotopic (exact) mass is 540 g/mol. The summed E-state index contributed by atoms with van der Waals surface area (Å²) in [6.45, 7) is 1.29. The molecule has 174 valence electrons. The highest BCUT2D eigenvalue weighted by atomic mass is 79.9. The van der Waals surface area contributed by atoms with Crippen LogP contribution in [0.5, 0.6) is 5.75 Å². The van der Waals surface area contributed by atoms with E-state index in [-0.39, 0.29) is 29.5 Å². The van der Waals surface area contributed by atoms with Crippen molar-refractivity contribution >= 4 is 57.5 Å². The number of halogens is 2. The van der Waals surface area contributed by atoms with Crippen LogP contribution >= 0.6 is 27.5 Å². The number of benzene rings is 1. The minimum Gasteiger partial charge on any atom is -0.477 e. The van der Waals surface area contributed by atoms with Crippen molar-refractivity contribution in [1.82, 2.24) is 10.2 Å². The number of nitrogens with zero attached hydrogens (tertiary/aromatic N) is 1. The number of hydrogen-bond donors (Lipinski definition) is 1. The first kappa shape index (κ1) is 24.3. The third-order valence-electron chi connectivity index (χ3n) is 4.49. The molecule has 3 rings (SSSR count). The fraction of sp³-hybridized carbons (Fsp3) is 0.238. The number of methoxy groups -OCH3 is 2. The summed E-state index contributed by atoms with van der Waals surface area (Å²) in [6.07, 6.45) is 0.427.